The predicted molar refractivity (Wildman–Crippen MR) is 249 cm³/mol. The number of carbonyl (C=O) groups is 4. The van der Waals surface area contributed by atoms with Crippen LogP contribution in [0.2, 0.25) is 0 Å². The van der Waals surface area contributed by atoms with Crippen LogP contribution < -0.4 is 9.80 Å². The van der Waals surface area contributed by atoms with E-state index in [1.165, 1.54) is 53.9 Å². The molecule has 0 bridgehead atoms. The highest BCUT2D eigenvalue weighted by Gasteiger charge is 2.40. The fraction of sp³-hybridized carbons (Fsp3) is 0.720. The number of anilines is 2. The smallest absolute Gasteiger partial charge is 0.348 e. The number of hydrogen-bond acceptors (Lipinski definition) is 8. The van der Waals surface area contributed by atoms with Gasteiger partial charge in [-0.2, -0.15) is 0 Å². The van der Waals surface area contributed by atoms with Gasteiger partial charge in [0, 0.05) is 33.7 Å². The molecule has 4 N–H and O–H groups in total. The van der Waals surface area contributed by atoms with Gasteiger partial charge in [-0.05, 0) is 177 Å². The molecule has 0 aliphatic heterocycles. The van der Waals surface area contributed by atoms with Crippen LogP contribution in [0, 0.1) is 23.7 Å². The zero-order valence-electron chi connectivity index (χ0n) is 37.2. The van der Waals surface area contributed by atoms with E-state index in [0.29, 0.717) is 59.7 Å². The average molecular weight is 893 g/mol. The lowest BCUT2D eigenvalue weighted by Crippen LogP contribution is -2.47. The van der Waals surface area contributed by atoms with Gasteiger partial charge in [-0.3, -0.25) is 9.59 Å². The van der Waals surface area contributed by atoms with Gasteiger partial charge in [-0.15, -0.1) is 22.7 Å². The second kappa shape index (κ2) is 21.7. The van der Waals surface area contributed by atoms with E-state index in [1.54, 1.807) is 0 Å². The molecule has 6 aliphatic carbocycles. The fourth-order valence-corrected chi connectivity index (χ4v) is 13.5. The van der Waals surface area contributed by atoms with Crippen molar-refractivity contribution in [2.75, 3.05) is 9.80 Å². The second-order valence-corrected chi connectivity index (χ2v) is 22.0. The first kappa shape index (κ1) is 46.9. The number of hydrogen-bond donors (Lipinski definition) is 4. The lowest BCUT2D eigenvalue weighted by Gasteiger charge is -2.38. The zero-order chi connectivity index (χ0) is 43.9. The summed E-state index contributed by atoms with van der Waals surface area (Å²) in [7, 11) is 0. The number of allylic oxidation sites excluding steroid dienone is 2. The molecule has 5 fully saturated rings. The van der Waals surface area contributed by atoms with Gasteiger partial charge < -0.3 is 30.2 Å². The maximum Gasteiger partial charge on any atom is 0.348 e. The van der Waals surface area contributed by atoms with E-state index in [0.717, 1.165) is 119 Å². The minimum Gasteiger partial charge on any atom is -0.477 e. The number of thiophene rings is 2. The van der Waals surface area contributed by atoms with Crippen molar-refractivity contribution in [3.8, 4) is 0 Å². The summed E-state index contributed by atoms with van der Waals surface area (Å²) < 4.78 is 0. The summed E-state index contributed by atoms with van der Waals surface area (Å²) in [5.41, 5.74) is 2.44. The summed E-state index contributed by atoms with van der Waals surface area (Å²) in [6.07, 6.45) is 25.3. The van der Waals surface area contributed by atoms with E-state index < -0.39 is 11.9 Å². The van der Waals surface area contributed by atoms with Crippen LogP contribution in [0.5, 0.6) is 0 Å². The highest BCUT2D eigenvalue weighted by Crippen LogP contribution is 2.45. The van der Waals surface area contributed by atoms with Crippen molar-refractivity contribution >= 4 is 63.4 Å². The number of carboxylic acids is 2. The number of carboxylic acid groups (broad SMARTS) is 2. The molecule has 0 aromatic carbocycles. The maximum absolute atomic E-state index is 13.8. The Kier molecular flexibility index (Phi) is 16.5. The minimum absolute atomic E-state index is 0.0114. The van der Waals surface area contributed by atoms with E-state index in [2.05, 4.69) is 19.9 Å². The van der Waals surface area contributed by atoms with Crippen LogP contribution >= 0.6 is 22.7 Å². The van der Waals surface area contributed by atoms with Crippen molar-refractivity contribution in [3.63, 3.8) is 0 Å². The van der Waals surface area contributed by atoms with E-state index in [9.17, 15) is 39.6 Å². The molecule has 0 unspecified atom stereocenters. The fourth-order valence-electron chi connectivity index (χ4n) is 11.3. The van der Waals surface area contributed by atoms with Crippen LogP contribution in [0.25, 0.3) is 5.57 Å². The van der Waals surface area contributed by atoms with Crippen molar-refractivity contribution in [2.45, 2.75) is 205 Å². The summed E-state index contributed by atoms with van der Waals surface area (Å²) in [4.78, 5) is 58.5. The molecule has 12 heteroatoms. The molecule has 342 valence electrons. The molecule has 6 aliphatic rings. The number of aliphatic hydroxyl groups is 2. The number of nitrogens with zero attached hydrogens (tertiary/aromatic N) is 2. The molecule has 5 saturated carbocycles. The Morgan fingerprint density at radius 3 is 1.47 bits per heavy atom. The van der Waals surface area contributed by atoms with Crippen LogP contribution in [-0.4, -0.2) is 68.5 Å². The van der Waals surface area contributed by atoms with E-state index >= 15 is 0 Å². The lowest BCUT2D eigenvalue weighted by molar-refractivity contribution is -0.125. The van der Waals surface area contributed by atoms with Gasteiger partial charge in [0.15, 0.2) is 0 Å². The summed E-state index contributed by atoms with van der Waals surface area (Å²) in [6, 6.07) is 3.97. The van der Waals surface area contributed by atoms with Crippen molar-refractivity contribution in [1.29, 1.82) is 0 Å². The summed E-state index contributed by atoms with van der Waals surface area (Å²) in [6.45, 7) is 4.49. The SMILES string of the molecule is CC1CCC(C(=O)N(c2cc(C3=CCCCC3)sc2C(=O)O)C2CCC(O)CC2)CC1.CC1CCC(C(=O)N(c2cc(C3CCCCC3)sc2C(=O)O)C2CCC(O)CC2)CC1. The molecule has 0 atom stereocenters. The van der Waals surface area contributed by atoms with E-state index in [-0.39, 0.29) is 52.8 Å². The zero-order valence-corrected chi connectivity index (χ0v) is 38.9. The van der Waals surface area contributed by atoms with Gasteiger partial charge in [-0.1, -0.05) is 39.2 Å². The lowest BCUT2D eigenvalue weighted by atomic mass is 9.81. The largest absolute Gasteiger partial charge is 0.477 e. The van der Waals surface area contributed by atoms with Crippen LogP contribution in [-0.2, 0) is 9.59 Å². The molecular weight excluding hydrogens is 821 g/mol. The maximum atomic E-state index is 13.8. The molecule has 10 nitrogen and oxygen atoms in total. The average Bonchev–Trinajstić information content (AvgIpc) is 3.93. The van der Waals surface area contributed by atoms with Crippen molar-refractivity contribution in [3.05, 3.63) is 37.7 Å². The third kappa shape index (κ3) is 11.4. The number of aliphatic hydroxyl groups excluding tert-OH is 2. The summed E-state index contributed by atoms with van der Waals surface area (Å²) in [5.74, 6) is 0.0397. The standard InChI is InChI=1S/C25H37NO4S.C25H35NO4S/c2*1-16-7-9-18(10-8-16)24(28)26(19-11-13-20(27)14-12-19)21-15-22(31-23(21)25(29)30)17-5-3-2-4-6-17/h15-20,27H,2-14H2,1H3,(H,29,30);5,15-16,18-20,27H,2-4,6-14H2,1H3,(H,29,30). The van der Waals surface area contributed by atoms with Gasteiger partial charge >= 0.3 is 11.9 Å². The highest BCUT2D eigenvalue weighted by atomic mass is 32.1. The third-order valence-electron chi connectivity index (χ3n) is 15.2. The molecule has 2 heterocycles. The van der Waals surface area contributed by atoms with Gasteiger partial charge in [0.25, 0.3) is 0 Å². The van der Waals surface area contributed by atoms with Crippen molar-refractivity contribution in [2.24, 2.45) is 23.7 Å². The third-order valence-corrected chi connectivity index (χ3v) is 17.7. The van der Waals surface area contributed by atoms with Crippen molar-refractivity contribution < 1.29 is 39.6 Å². The Labute approximate surface area is 377 Å². The Morgan fingerprint density at radius 1 is 0.548 bits per heavy atom. The van der Waals surface area contributed by atoms with Gasteiger partial charge in [-0.25, -0.2) is 9.59 Å². The van der Waals surface area contributed by atoms with Gasteiger partial charge in [0.1, 0.15) is 9.75 Å². The Balaban J connectivity index is 0.000000186. The number of rotatable bonds is 10. The topological polar surface area (TPSA) is 156 Å². The van der Waals surface area contributed by atoms with E-state index in [4.69, 9.17) is 0 Å². The summed E-state index contributed by atoms with van der Waals surface area (Å²) >= 11 is 2.71. The first-order chi connectivity index (χ1) is 29.9. The molecule has 2 aromatic heterocycles. The Morgan fingerprint density at radius 2 is 1.02 bits per heavy atom. The Bertz CT molecular complexity index is 1870. The van der Waals surface area contributed by atoms with Crippen LogP contribution in [0.15, 0.2) is 18.2 Å². The normalized spacial score (nSPS) is 29.7. The highest BCUT2D eigenvalue weighted by molar-refractivity contribution is 7.15. The van der Waals surface area contributed by atoms with Crippen LogP contribution in [0.3, 0.4) is 0 Å². The Hall–Kier alpha value is -3.06. The molecule has 2 aromatic rings. The van der Waals surface area contributed by atoms with E-state index in [1.807, 2.05) is 21.9 Å². The molecule has 62 heavy (non-hydrogen) atoms. The van der Waals surface area contributed by atoms with Crippen molar-refractivity contribution in [1.82, 2.24) is 0 Å². The first-order valence-corrected chi connectivity index (χ1v) is 26.0. The number of aromatic carboxylic acids is 2. The van der Waals surface area contributed by atoms with Gasteiger partial charge in [0.05, 0.1) is 23.6 Å². The van der Waals surface area contributed by atoms with Gasteiger partial charge in [0.2, 0.25) is 11.8 Å². The minimum atomic E-state index is -0.950. The molecule has 0 radical (unpaired) electrons. The van der Waals surface area contributed by atoms with Crippen LogP contribution in [0.4, 0.5) is 11.4 Å². The molecule has 0 spiro atoms. The summed E-state index contributed by atoms with van der Waals surface area (Å²) in [5, 5.41) is 40.1. The van der Waals surface area contributed by atoms with Crippen LogP contribution in [0.1, 0.15) is 209 Å². The number of carbonyl (C=O) groups excluding carboxylic acids is 2. The second-order valence-electron chi connectivity index (χ2n) is 19.9. The molecule has 0 saturated heterocycles. The first-order valence-electron chi connectivity index (χ1n) is 24.3. The predicted octanol–water partition coefficient (Wildman–Crippen LogP) is 11.8. The molecule has 2 amide bonds. The quantitative estimate of drug-likeness (QED) is 0.184. The number of amides is 2. The molecular formula is C50H72N2O8S2. The molecule has 8 rings (SSSR count). The monoisotopic (exact) mass is 892 g/mol.